The number of aliphatic hydroxyl groups excluding tert-OH is 1. The van der Waals surface area contributed by atoms with Gasteiger partial charge in [-0.1, -0.05) is 25.0 Å². The lowest BCUT2D eigenvalue weighted by molar-refractivity contribution is -0.123. The highest BCUT2D eigenvalue weighted by Crippen LogP contribution is 2.29. The first-order valence-electron chi connectivity index (χ1n) is 8.25. The van der Waals surface area contributed by atoms with Crippen molar-refractivity contribution >= 4 is 5.91 Å². The summed E-state index contributed by atoms with van der Waals surface area (Å²) in [7, 11) is 0. The molecule has 0 atom stereocenters. The number of nitrogens with one attached hydrogen (secondary N) is 1. The van der Waals surface area contributed by atoms with Gasteiger partial charge in [0, 0.05) is 6.42 Å². The number of unbranched alkanes of at least 4 members (excludes halogenated alkanes) is 1. The summed E-state index contributed by atoms with van der Waals surface area (Å²) in [5.74, 6) is 0.932. The molecule has 1 amide bonds. The van der Waals surface area contributed by atoms with Crippen LogP contribution in [0.1, 0.15) is 50.5 Å². The summed E-state index contributed by atoms with van der Waals surface area (Å²) in [5, 5.41) is 12.5. The van der Waals surface area contributed by atoms with Gasteiger partial charge >= 0.3 is 0 Å². The zero-order valence-electron chi connectivity index (χ0n) is 13.4. The molecular weight excluding hydrogens is 278 g/mol. The van der Waals surface area contributed by atoms with Gasteiger partial charge in [0.25, 0.3) is 0 Å². The predicted octanol–water partition coefficient (Wildman–Crippen LogP) is 2.97. The molecule has 4 nitrogen and oxygen atoms in total. The predicted molar refractivity (Wildman–Crippen MR) is 87.0 cm³/mol. The van der Waals surface area contributed by atoms with Crippen LogP contribution in [0.4, 0.5) is 0 Å². The fraction of sp³-hybridized carbons (Fsp3) is 0.611. The largest absolute Gasteiger partial charge is 0.494 e. The van der Waals surface area contributed by atoms with Gasteiger partial charge in [0.1, 0.15) is 5.75 Å². The first kappa shape index (κ1) is 16.8. The van der Waals surface area contributed by atoms with Gasteiger partial charge in [0.2, 0.25) is 5.91 Å². The SMILES string of the molecule is Cc1cccc(OCCCCC(=O)NC2(CO)CCCC2)c1. The summed E-state index contributed by atoms with van der Waals surface area (Å²) in [5.41, 5.74) is 0.831. The normalized spacial score (nSPS) is 16.5. The van der Waals surface area contributed by atoms with Crippen LogP contribution in [-0.4, -0.2) is 29.8 Å². The van der Waals surface area contributed by atoms with Crippen LogP contribution in [0.15, 0.2) is 24.3 Å². The summed E-state index contributed by atoms with van der Waals surface area (Å²) < 4.78 is 5.67. The van der Waals surface area contributed by atoms with E-state index in [1.54, 1.807) is 0 Å². The number of ether oxygens (including phenoxy) is 1. The molecule has 0 radical (unpaired) electrons. The minimum absolute atomic E-state index is 0.0477. The number of amides is 1. The van der Waals surface area contributed by atoms with Crippen molar-refractivity contribution in [1.29, 1.82) is 0 Å². The van der Waals surface area contributed by atoms with Crippen molar-refractivity contribution in [1.82, 2.24) is 5.32 Å². The second kappa shape index (κ2) is 8.18. The highest BCUT2D eigenvalue weighted by molar-refractivity contribution is 5.76. The molecule has 1 aromatic carbocycles. The maximum absolute atomic E-state index is 12.0. The number of carbonyl (C=O) groups is 1. The Bertz CT molecular complexity index is 481. The third-order valence-corrected chi connectivity index (χ3v) is 4.32. The second-order valence-electron chi connectivity index (χ2n) is 6.32. The molecule has 1 fully saturated rings. The Kier molecular flexibility index (Phi) is 6.25. The van der Waals surface area contributed by atoms with E-state index < -0.39 is 0 Å². The van der Waals surface area contributed by atoms with E-state index in [2.05, 4.69) is 5.32 Å². The van der Waals surface area contributed by atoms with Gasteiger partial charge in [-0.25, -0.2) is 0 Å². The first-order valence-corrected chi connectivity index (χ1v) is 8.25. The molecule has 0 unspecified atom stereocenters. The molecule has 0 heterocycles. The van der Waals surface area contributed by atoms with Crippen molar-refractivity contribution in [3.8, 4) is 5.75 Å². The van der Waals surface area contributed by atoms with E-state index >= 15 is 0 Å². The highest BCUT2D eigenvalue weighted by Gasteiger charge is 2.34. The average molecular weight is 305 g/mol. The van der Waals surface area contributed by atoms with E-state index in [1.807, 2.05) is 31.2 Å². The average Bonchev–Trinajstić information content (AvgIpc) is 2.96. The second-order valence-corrected chi connectivity index (χ2v) is 6.32. The fourth-order valence-electron chi connectivity index (χ4n) is 3.02. The van der Waals surface area contributed by atoms with E-state index in [4.69, 9.17) is 4.74 Å². The van der Waals surface area contributed by atoms with Crippen molar-refractivity contribution in [3.63, 3.8) is 0 Å². The van der Waals surface area contributed by atoms with E-state index in [-0.39, 0.29) is 18.1 Å². The number of hydrogen-bond acceptors (Lipinski definition) is 3. The van der Waals surface area contributed by atoms with Crippen molar-refractivity contribution in [3.05, 3.63) is 29.8 Å². The molecule has 1 aromatic rings. The molecule has 1 aliphatic rings. The Morgan fingerprint density at radius 2 is 2.09 bits per heavy atom. The van der Waals surface area contributed by atoms with E-state index in [1.165, 1.54) is 5.56 Å². The Morgan fingerprint density at radius 1 is 1.32 bits per heavy atom. The lowest BCUT2D eigenvalue weighted by Gasteiger charge is -2.28. The van der Waals surface area contributed by atoms with E-state index in [9.17, 15) is 9.90 Å². The summed E-state index contributed by atoms with van der Waals surface area (Å²) in [6, 6.07) is 7.98. The van der Waals surface area contributed by atoms with Gasteiger partial charge in [-0.15, -0.1) is 0 Å². The molecule has 122 valence electrons. The summed E-state index contributed by atoms with van der Waals surface area (Å²) in [4.78, 5) is 12.0. The summed E-state index contributed by atoms with van der Waals surface area (Å²) in [6.07, 6.45) is 6.12. The van der Waals surface area contributed by atoms with Crippen LogP contribution in [0, 0.1) is 6.92 Å². The topological polar surface area (TPSA) is 58.6 Å². The summed E-state index contributed by atoms with van der Waals surface area (Å²) >= 11 is 0. The monoisotopic (exact) mass is 305 g/mol. The quantitative estimate of drug-likeness (QED) is 0.726. The Labute approximate surface area is 132 Å². The maximum atomic E-state index is 12.0. The highest BCUT2D eigenvalue weighted by atomic mass is 16.5. The van der Waals surface area contributed by atoms with E-state index in [0.29, 0.717) is 13.0 Å². The smallest absolute Gasteiger partial charge is 0.220 e. The number of aryl methyl sites for hydroxylation is 1. The third-order valence-electron chi connectivity index (χ3n) is 4.32. The van der Waals surface area contributed by atoms with Crippen LogP contribution in [0.25, 0.3) is 0 Å². The minimum Gasteiger partial charge on any atom is -0.494 e. The zero-order chi connectivity index (χ0) is 15.8. The van der Waals surface area contributed by atoms with Crippen molar-refractivity contribution < 1.29 is 14.6 Å². The standard InChI is InChI=1S/C18H27NO3/c1-15-7-6-8-16(13-15)22-12-5-2-9-17(21)19-18(14-20)10-3-4-11-18/h6-8,13,20H,2-5,9-12,14H2,1H3,(H,19,21). The first-order chi connectivity index (χ1) is 10.6. The van der Waals surface area contributed by atoms with Crippen LogP contribution in [0.2, 0.25) is 0 Å². The number of aliphatic hydroxyl groups is 1. The molecule has 4 heteroatoms. The van der Waals surface area contributed by atoms with Gasteiger partial charge < -0.3 is 15.2 Å². The van der Waals surface area contributed by atoms with Gasteiger partial charge in [-0.2, -0.15) is 0 Å². The molecule has 0 aromatic heterocycles. The number of carbonyl (C=O) groups excluding carboxylic acids is 1. The van der Waals surface area contributed by atoms with Crippen molar-refractivity contribution in [2.45, 2.75) is 57.4 Å². The Morgan fingerprint density at radius 3 is 2.77 bits per heavy atom. The molecule has 0 saturated heterocycles. The number of benzene rings is 1. The molecule has 2 N–H and O–H groups in total. The Hall–Kier alpha value is -1.55. The zero-order valence-corrected chi connectivity index (χ0v) is 13.4. The molecule has 2 rings (SSSR count). The van der Waals surface area contributed by atoms with Gasteiger partial charge in [-0.3, -0.25) is 4.79 Å². The lowest BCUT2D eigenvalue weighted by Crippen LogP contribution is -2.49. The van der Waals surface area contributed by atoms with Gasteiger partial charge in [-0.05, 0) is 50.3 Å². The number of rotatable bonds is 8. The van der Waals surface area contributed by atoms with Gasteiger partial charge in [0.05, 0.1) is 18.8 Å². The van der Waals surface area contributed by atoms with Crippen LogP contribution in [0.3, 0.4) is 0 Å². The van der Waals surface area contributed by atoms with Crippen LogP contribution in [0.5, 0.6) is 5.75 Å². The van der Waals surface area contributed by atoms with Crippen molar-refractivity contribution in [2.24, 2.45) is 0 Å². The lowest BCUT2D eigenvalue weighted by atomic mass is 9.98. The van der Waals surface area contributed by atoms with Crippen LogP contribution in [-0.2, 0) is 4.79 Å². The molecular formula is C18H27NO3. The van der Waals surface area contributed by atoms with Crippen molar-refractivity contribution in [2.75, 3.05) is 13.2 Å². The molecule has 22 heavy (non-hydrogen) atoms. The molecule has 0 aliphatic heterocycles. The molecule has 1 aliphatic carbocycles. The minimum atomic E-state index is -0.352. The molecule has 1 saturated carbocycles. The Balaban J connectivity index is 1.61. The summed E-state index contributed by atoms with van der Waals surface area (Å²) in [6.45, 7) is 2.72. The van der Waals surface area contributed by atoms with Crippen LogP contribution >= 0.6 is 0 Å². The third kappa shape index (κ3) is 5.02. The molecule has 0 spiro atoms. The van der Waals surface area contributed by atoms with Crippen LogP contribution < -0.4 is 10.1 Å². The maximum Gasteiger partial charge on any atom is 0.220 e. The fourth-order valence-corrected chi connectivity index (χ4v) is 3.02. The van der Waals surface area contributed by atoms with Gasteiger partial charge in [0.15, 0.2) is 0 Å². The molecule has 0 bridgehead atoms. The number of hydrogen-bond donors (Lipinski definition) is 2. The van der Waals surface area contributed by atoms with E-state index in [0.717, 1.165) is 44.3 Å².